The van der Waals surface area contributed by atoms with Crippen LogP contribution in [0.15, 0.2) is 35.8 Å². The lowest BCUT2D eigenvalue weighted by atomic mass is 10.9. The largest absolute Gasteiger partial charge is 0.318 e. The summed E-state index contributed by atoms with van der Waals surface area (Å²) in [6.45, 7) is 0. The predicted molar refractivity (Wildman–Crippen MR) is 29.9 cm³/mol. The fraction of sp³-hybridized carbons (Fsp3) is 0. The molecular weight excluding hydrogens is 224 g/mol. The number of hydrogen-bond acceptors (Lipinski definition) is 0. The van der Waals surface area contributed by atoms with Crippen LogP contribution in [0, 0.1) is 0 Å². The smallest absolute Gasteiger partial charge is 0.164 e. The molecule has 0 radical (unpaired) electrons. The second-order valence-electron chi connectivity index (χ2n) is 1.29. The first-order chi connectivity index (χ1) is 6.25. The third kappa shape index (κ3) is 22.4. The molecule has 0 aromatic rings. The lowest BCUT2D eigenvalue weighted by Crippen LogP contribution is -1.49. The van der Waals surface area contributed by atoms with Gasteiger partial charge in [-0.1, -0.05) is 0 Å². The van der Waals surface area contributed by atoms with Crippen molar-refractivity contribution in [2.45, 2.75) is 0 Å². The molecule has 0 aromatic carbocycles. The Labute approximate surface area is 72.1 Å². The first kappa shape index (κ1) is 15.0. The summed E-state index contributed by atoms with van der Waals surface area (Å²) < 4.78 is 84.7. The predicted octanol–water partition coefficient (Wildman–Crippen LogP) is 4.29. The van der Waals surface area contributed by atoms with Crippen LogP contribution in [0.5, 0.6) is 0 Å². The number of rotatable bonds is 0. The summed E-state index contributed by atoms with van der Waals surface area (Å²) in [7, 11) is 0. The first-order valence-corrected chi connectivity index (χ1v) is 2.51. The van der Waals surface area contributed by atoms with Crippen molar-refractivity contribution < 1.29 is 35.1 Å². The molecule has 0 amide bonds. The molecule has 0 rings (SSSR count). The van der Waals surface area contributed by atoms with Gasteiger partial charge < -0.3 is 0 Å². The second kappa shape index (κ2) is 8.10. The zero-order valence-corrected chi connectivity index (χ0v) is 6.02. The van der Waals surface area contributed by atoms with E-state index < -0.39 is 24.3 Å². The average molecular weight is 224 g/mol. The van der Waals surface area contributed by atoms with E-state index in [-0.39, 0.29) is 0 Å². The minimum atomic E-state index is -2.50. The van der Waals surface area contributed by atoms with Crippen LogP contribution >= 0.6 is 0 Å². The quantitative estimate of drug-likeness (QED) is 0.425. The van der Waals surface area contributed by atoms with Crippen LogP contribution < -0.4 is 0 Å². The molecule has 0 bridgehead atoms. The van der Waals surface area contributed by atoms with Gasteiger partial charge in [0.25, 0.3) is 0 Å². The van der Waals surface area contributed by atoms with Gasteiger partial charge in [0.15, 0.2) is 0 Å². The van der Waals surface area contributed by atoms with E-state index in [0.717, 1.165) is 0 Å². The Balaban J connectivity index is 0. The maximum atomic E-state index is 10.6. The molecule has 14 heavy (non-hydrogen) atoms. The van der Waals surface area contributed by atoms with Gasteiger partial charge in [0.1, 0.15) is 0 Å². The molecule has 0 aliphatic heterocycles. The van der Waals surface area contributed by atoms with Gasteiger partial charge in [-0.2, -0.15) is 35.1 Å². The van der Waals surface area contributed by atoms with Crippen LogP contribution in [0.2, 0.25) is 0 Å². The van der Waals surface area contributed by atoms with Crippen molar-refractivity contribution in [1.82, 2.24) is 0 Å². The maximum absolute atomic E-state index is 10.6. The number of halogens is 8. The van der Waals surface area contributed by atoms with E-state index in [4.69, 9.17) is 0 Å². The summed E-state index contributed by atoms with van der Waals surface area (Å²) in [5, 5.41) is 0. The van der Waals surface area contributed by atoms with Gasteiger partial charge in [0.05, 0.1) is 0 Å². The summed E-state index contributed by atoms with van der Waals surface area (Å²) in [5.41, 5.74) is 0.944. The van der Waals surface area contributed by atoms with E-state index >= 15 is 0 Å². The van der Waals surface area contributed by atoms with Crippen LogP contribution in [0.25, 0.3) is 0 Å². The monoisotopic (exact) mass is 224 g/mol. The van der Waals surface area contributed by atoms with Gasteiger partial charge in [0.2, 0.25) is 0 Å². The van der Waals surface area contributed by atoms with Gasteiger partial charge in [-0.3, -0.25) is 0 Å². The third-order valence-electron chi connectivity index (χ3n) is 0.378. The van der Waals surface area contributed by atoms with Crippen molar-refractivity contribution in [1.29, 1.82) is 0 Å². The molecule has 8 heteroatoms. The van der Waals surface area contributed by atoms with Crippen LogP contribution in [-0.2, 0) is 0 Å². The van der Waals surface area contributed by atoms with Crippen molar-refractivity contribution >= 4 is 0 Å². The zero-order chi connectivity index (χ0) is 11.7. The molecule has 0 spiro atoms. The Morgan fingerprint density at radius 2 is 0.571 bits per heavy atom. The van der Waals surface area contributed by atoms with Crippen molar-refractivity contribution in [2.24, 2.45) is 0 Å². The lowest BCUT2D eigenvalue weighted by molar-refractivity contribution is 0.394. The minimum absolute atomic E-state index is 0.472. The fourth-order valence-corrected chi connectivity index (χ4v) is 0.143. The van der Waals surface area contributed by atoms with Crippen molar-refractivity contribution in [3.8, 4) is 0 Å². The highest BCUT2D eigenvalue weighted by Crippen LogP contribution is 1.99. The van der Waals surface area contributed by atoms with E-state index in [1.807, 2.05) is 0 Å². The van der Waals surface area contributed by atoms with Gasteiger partial charge in [0, 0.05) is 11.5 Å². The van der Waals surface area contributed by atoms with Crippen LogP contribution in [0.1, 0.15) is 0 Å². The topological polar surface area (TPSA) is 0 Å². The van der Waals surface area contributed by atoms with Crippen LogP contribution in [-0.4, -0.2) is 0 Å². The Morgan fingerprint density at radius 3 is 0.571 bits per heavy atom. The molecular formula is C6F8. The molecule has 80 valence electrons. The zero-order valence-electron chi connectivity index (χ0n) is 6.02. The van der Waals surface area contributed by atoms with E-state index in [9.17, 15) is 35.1 Å². The highest BCUT2D eigenvalue weighted by Gasteiger charge is 1.86. The highest BCUT2D eigenvalue weighted by atomic mass is 19.3. The van der Waals surface area contributed by atoms with E-state index in [1.165, 1.54) is 0 Å². The van der Waals surface area contributed by atoms with Crippen LogP contribution in [0.3, 0.4) is 0 Å². The lowest BCUT2D eigenvalue weighted by Gasteiger charge is -1.64. The molecule has 0 fully saturated rings. The normalized spacial score (nSPS) is 7.43. The van der Waals surface area contributed by atoms with E-state index in [1.54, 1.807) is 0 Å². The summed E-state index contributed by atoms with van der Waals surface area (Å²) in [6, 6.07) is 0. The third-order valence-corrected chi connectivity index (χ3v) is 0.378. The summed E-state index contributed by atoms with van der Waals surface area (Å²) >= 11 is 0. The van der Waals surface area contributed by atoms with Crippen molar-refractivity contribution in [3.63, 3.8) is 0 Å². The summed E-state index contributed by atoms with van der Waals surface area (Å²) in [4.78, 5) is 0. The van der Waals surface area contributed by atoms with Gasteiger partial charge in [-0.15, -0.1) is 0 Å². The second-order valence-corrected chi connectivity index (χ2v) is 1.29. The van der Waals surface area contributed by atoms with Crippen LogP contribution in [0.4, 0.5) is 35.1 Å². The summed E-state index contributed by atoms with van der Waals surface area (Å²) in [5.74, 6) is 0. The van der Waals surface area contributed by atoms with Crippen molar-refractivity contribution in [3.05, 3.63) is 35.8 Å². The van der Waals surface area contributed by atoms with E-state index in [0.29, 0.717) is 11.5 Å². The molecule has 0 saturated heterocycles. The Morgan fingerprint density at radius 1 is 0.429 bits per heavy atom. The van der Waals surface area contributed by atoms with Gasteiger partial charge in [-0.25, -0.2) is 0 Å². The SMILES string of the molecule is FC(F)=C=C(F)F.FC(F)=C=C(F)F. The van der Waals surface area contributed by atoms with Gasteiger partial charge >= 0.3 is 24.3 Å². The fourth-order valence-electron chi connectivity index (χ4n) is 0.143. The molecule has 0 nitrogen and oxygen atoms in total. The average Bonchev–Trinajstić information content (AvgIpc) is 1.79. The number of hydrogen-bond donors (Lipinski definition) is 0. The molecule has 0 N–H and O–H groups in total. The first-order valence-electron chi connectivity index (χ1n) is 2.51. The van der Waals surface area contributed by atoms with Gasteiger partial charge in [-0.05, 0) is 0 Å². The van der Waals surface area contributed by atoms with E-state index in [2.05, 4.69) is 0 Å². The molecule has 0 heterocycles. The van der Waals surface area contributed by atoms with Crippen molar-refractivity contribution in [2.75, 3.05) is 0 Å². The maximum Gasteiger partial charge on any atom is 0.318 e. The standard InChI is InChI=1S/2C3F4/c2*4-2(5)1-3(6)7. The molecule has 0 saturated carbocycles. The Kier molecular flexibility index (Phi) is 8.66. The molecule has 0 aliphatic carbocycles. The minimum Gasteiger partial charge on any atom is -0.164 e. The summed E-state index contributed by atoms with van der Waals surface area (Å²) in [6.07, 6.45) is -10.00. The highest BCUT2D eigenvalue weighted by molar-refractivity contribution is 4.83. The Bertz CT molecular complexity index is 230. The molecule has 0 unspecified atom stereocenters. The molecule has 0 aromatic heterocycles. The molecule has 0 aliphatic rings. The Hall–Kier alpha value is -1.52. The molecule has 0 atom stereocenters.